The van der Waals surface area contributed by atoms with Crippen LogP contribution in [0.3, 0.4) is 0 Å². The molecule has 0 spiro atoms. The average Bonchev–Trinajstić information content (AvgIpc) is 2.76. The Balaban J connectivity index is 2.19. The Labute approximate surface area is 130 Å². The van der Waals surface area contributed by atoms with Crippen LogP contribution in [0.25, 0.3) is 0 Å². The van der Waals surface area contributed by atoms with E-state index in [0.717, 1.165) is 0 Å². The number of fused-ring (bicyclic) bond motifs is 1. The van der Waals surface area contributed by atoms with Crippen molar-refractivity contribution >= 4 is 43.5 Å². The minimum Gasteiger partial charge on any atom is -0.469 e. The minimum absolute atomic E-state index is 0.0302. The first-order chi connectivity index (χ1) is 9.83. The molecule has 7 nitrogen and oxygen atoms in total. The minimum atomic E-state index is -3.78. The van der Waals surface area contributed by atoms with Gasteiger partial charge in [-0.1, -0.05) is 0 Å². The fraction of sp³-hybridized carbons (Fsp3) is 0.333. The summed E-state index contributed by atoms with van der Waals surface area (Å²) >= 11 is 3.18. The van der Waals surface area contributed by atoms with E-state index in [1.807, 2.05) is 0 Å². The Morgan fingerprint density at radius 1 is 1.48 bits per heavy atom. The zero-order chi connectivity index (χ0) is 15.6. The van der Waals surface area contributed by atoms with Crippen molar-refractivity contribution in [1.29, 1.82) is 0 Å². The van der Waals surface area contributed by atoms with E-state index in [1.165, 1.54) is 13.2 Å². The Morgan fingerprint density at radius 2 is 2.19 bits per heavy atom. The highest BCUT2D eigenvalue weighted by Crippen LogP contribution is 2.32. The van der Waals surface area contributed by atoms with E-state index in [9.17, 15) is 18.0 Å². The smallest absolute Gasteiger partial charge is 0.306 e. The maximum absolute atomic E-state index is 12.2. The van der Waals surface area contributed by atoms with Crippen molar-refractivity contribution < 1.29 is 22.7 Å². The van der Waals surface area contributed by atoms with Crippen molar-refractivity contribution in [2.45, 2.75) is 17.7 Å². The van der Waals surface area contributed by atoms with E-state index in [2.05, 4.69) is 30.7 Å². The number of sulfonamides is 1. The van der Waals surface area contributed by atoms with Gasteiger partial charge in [-0.05, 0) is 33.6 Å². The summed E-state index contributed by atoms with van der Waals surface area (Å²) in [5.41, 5.74) is 1.22. The quantitative estimate of drug-likeness (QED) is 0.739. The molecular formula is C12H13BrN2O5S. The molecule has 1 amide bonds. The number of benzene rings is 1. The van der Waals surface area contributed by atoms with Crippen LogP contribution in [-0.4, -0.2) is 33.9 Å². The molecule has 0 saturated heterocycles. The highest BCUT2D eigenvalue weighted by atomic mass is 79.9. The van der Waals surface area contributed by atoms with Gasteiger partial charge in [-0.2, -0.15) is 0 Å². The summed E-state index contributed by atoms with van der Waals surface area (Å²) in [6.07, 6.45) is 0.0889. The molecule has 2 N–H and O–H groups in total. The Bertz CT molecular complexity index is 702. The van der Waals surface area contributed by atoms with Crippen molar-refractivity contribution in [1.82, 2.24) is 4.72 Å². The van der Waals surface area contributed by atoms with Gasteiger partial charge in [-0.15, -0.1) is 0 Å². The molecule has 1 heterocycles. The van der Waals surface area contributed by atoms with E-state index in [1.54, 1.807) is 6.07 Å². The summed E-state index contributed by atoms with van der Waals surface area (Å²) in [4.78, 5) is 22.3. The van der Waals surface area contributed by atoms with Gasteiger partial charge in [-0.3, -0.25) is 9.59 Å². The number of carbonyl (C=O) groups is 2. The number of esters is 1. The van der Waals surface area contributed by atoms with Gasteiger partial charge in [0.05, 0.1) is 24.8 Å². The van der Waals surface area contributed by atoms with Crippen molar-refractivity contribution in [3.05, 3.63) is 22.2 Å². The van der Waals surface area contributed by atoms with Crippen LogP contribution in [0, 0.1) is 0 Å². The number of hydrogen-bond donors (Lipinski definition) is 2. The molecule has 0 saturated carbocycles. The molecule has 0 aliphatic carbocycles. The average molecular weight is 377 g/mol. The predicted octanol–water partition coefficient (Wildman–Crippen LogP) is 0.785. The molecule has 1 aliphatic heterocycles. The molecule has 1 aliphatic rings. The lowest BCUT2D eigenvalue weighted by Crippen LogP contribution is -2.27. The Kier molecular flexibility index (Phi) is 4.64. The first-order valence-corrected chi connectivity index (χ1v) is 8.30. The number of nitrogens with one attached hydrogen (secondary N) is 2. The standard InChI is InChI=1S/C12H13BrN2O5S/c1-20-12(17)2-3-14-21(18,19)10-4-7-5-11(16)15-9(7)6-8(10)13/h4,6,14H,2-3,5H2,1H3,(H,15,16). The van der Waals surface area contributed by atoms with Crippen LogP contribution in [0.1, 0.15) is 12.0 Å². The number of ether oxygens (including phenoxy) is 1. The van der Waals surface area contributed by atoms with Crippen LogP contribution in [0.4, 0.5) is 5.69 Å². The second kappa shape index (κ2) is 6.12. The molecule has 2 rings (SSSR count). The summed E-state index contributed by atoms with van der Waals surface area (Å²) in [5, 5.41) is 2.64. The topological polar surface area (TPSA) is 102 Å². The number of halogens is 1. The van der Waals surface area contributed by atoms with E-state index in [-0.39, 0.29) is 30.2 Å². The van der Waals surface area contributed by atoms with E-state index >= 15 is 0 Å². The molecular weight excluding hydrogens is 364 g/mol. The first kappa shape index (κ1) is 15.9. The molecule has 114 valence electrons. The number of anilines is 1. The zero-order valence-electron chi connectivity index (χ0n) is 11.1. The van der Waals surface area contributed by atoms with Gasteiger partial charge in [0.1, 0.15) is 0 Å². The third-order valence-electron chi connectivity index (χ3n) is 2.92. The molecule has 0 bridgehead atoms. The lowest BCUT2D eigenvalue weighted by atomic mass is 10.2. The zero-order valence-corrected chi connectivity index (χ0v) is 13.5. The van der Waals surface area contributed by atoms with Crippen molar-refractivity contribution in [2.75, 3.05) is 19.0 Å². The molecule has 0 fully saturated rings. The monoisotopic (exact) mass is 376 g/mol. The normalized spacial score (nSPS) is 13.7. The van der Waals surface area contributed by atoms with Crippen molar-refractivity contribution in [3.8, 4) is 0 Å². The summed E-state index contributed by atoms with van der Waals surface area (Å²) in [5.74, 6) is -0.675. The lowest BCUT2D eigenvalue weighted by molar-refractivity contribution is -0.140. The van der Waals surface area contributed by atoms with Crippen LogP contribution in [-0.2, 0) is 30.8 Å². The summed E-state index contributed by atoms with van der Waals surface area (Å²) in [7, 11) is -2.54. The second-order valence-corrected chi connectivity index (χ2v) is 6.98. The van der Waals surface area contributed by atoms with Crippen molar-refractivity contribution in [2.24, 2.45) is 0 Å². The van der Waals surface area contributed by atoms with Crippen molar-refractivity contribution in [3.63, 3.8) is 0 Å². The number of hydrogen-bond acceptors (Lipinski definition) is 5. The molecule has 0 aromatic heterocycles. The molecule has 21 heavy (non-hydrogen) atoms. The predicted molar refractivity (Wildman–Crippen MR) is 78.3 cm³/mol. The van der Waals surface area contributed by atoms with E-state index in [4.69, 9.17) is 0 Å². The SMILES string of the molecule is COC(=O)CCNS(=O)(=O)c1cc2c(cc1Br)NC(=O)C2. The summed E-state index contributed by atoms with van der Waals surface area (Å²) < 4.78 is 31.5. The van der Waals surface area contributed by atoms with Crippen LogP contribution in [0.15, 0.2) is 21.5 Å². The fourth-order valence-electron chi connectivity index (χ4n) is 1.90. The van der Waals surface area contributed by atoms with Gasteiger partial charge in [0.15, 0.2) is 0 Å². The molecule has 1 aromatic carbocycles. The highest BCUT2D eigenvalue weighted by molar-refractivity contribution is 9.10. The number of methoxy groups -OCH3 is 1. The second-order valence-electron chi connectivity index (χ2n) is 4.39. The van der Waals surface area contributed by atoms with Gasteiger partial charge in [-0.25, -0.2) is 13.1 Å². The van der Waals surface area contributed by atoms with Crippen LogP contribution in [0.5, 0.6) is 0 Å². The summed E-state index contributed by atoms with van der Waals surface area (Å²) in [6, 6.07) is 2.99. The highest BCUT2D eigenvalue weighted by Gasteiger charge is 2.24. The lowest BCUT2D eigenvalue weighted by Gasteiger charge is -2.10. The Hall–Kier alpha value is -1.45. The number of amides is 1. The number of carbonyl (C=O) groups excluding carboxylic acids is 2. The molecule has 0 radical (unpaired) electrons. The third-order valence-corrected chi connectivity index (χ3v) is 5.34. The van der Waals surface area contributed by atoms with Gasteiger partial charge in [0, 0.05) is 16.7 Å². The van der Waals surface area contributed by atoms with E-state index in [0.29, 0.717) is 15.7 Å². The maximum Gasteiger partial charge on any atom is 0.306 e. The summed E-state index contributed by atoms with van der Waals surface area (Å²) in [6.45, 7) is -0.0598. The van der Waals surface area contributed by atoms with E-state index < -0.39 is 16.0 Å². The molecule has 0 unspecified atom stereocenters. The third kappa shape index (κ3) is 3.60. The van der Waals surface area contributed by atoms with Gasteiger partial charge in [0.2, 0.25) is 15.9 Å². The molecule has 9 heteroatoms. The van der Waals surface area contributed by atoms with Crippen LogP contribution >= 0.6 is 15.9 Å². The maximum atomic E-state index is 12.2. The molecule has 0 atom stereocenters. The van der Waals surface area contributed by atoms with Gasteiger partial charge in [0.25, 0.3) is 0 Å². The van der Waals surface area contributed by atoms with Gasteiger partial charge < -0.3 is 10.1 Å². The molecule has 1 aromatic rings. The first-order valence-electron chi connectivity index (χ1n) is 6.02. The largest absolute Gasteiger partial charge is 0.469 e. The number of rotatable bonds is 5. The van der Waals surface area contributed by atoms with Gasteiger partial charge >= 0.3 is 5.97 Å². The fourth-order valence-corrected chi connectivity index (χ4v) is 4.02. The Morgan fingerprint density at radius 3 is 2.86 bits per heavy atom. The van der Waals surface area contributed by atoms with Crippen LogP contribution in [0.2, 0.25) is 0 Å². The van der Waals surface area contributed by atoms with Crippen LogP contribution < -0.4 is 10.0 Å².